The summed E-state index contributed by atoms with van der Waals surface area (Å²) in [5, 5.41) is 6.80. The number of hydrogen-bond donors (Lipinski definition) is 0. The van der Waals surface area contributed by atoms with Crippen LogP contribution in [0.15, 0.2) is 48.4 Å². The van der Waals surface area contributed by atoms with Gasteiger partial charge in [0.05, 0.1) is 34.9 Å². The maximum Gasteiger partial charge on any atom is 0.410 e. The number of amides is 1. The van der Waals surface area contributed by atoms with Crippen molar-refractivity contribution < 1.29 is 36.9 Å². The number of benzene rings is 3. The molecule has 0 spiro atoms. The predicted octanol–water partition coefficient (Wildman–Crippen LogP) is 7.66. The van der Waals surface area contributed by atoms with Gasteiger partial charge in [0.2, 0.25) is 0 Å². The van der Waals surface area contributed by atoms with Crippen LogP contribution in [0.5, 0.6) is 11.8 Å². The Morgan fingerprint density at radius 3 is 2.56 bits per heavy atom. The van der Waals surface area contributed by atoms with E-state index >= 15 is 4.39 Å². The number of methoxy groups -OCH3 is 1. The average molecular weight is 786 g/mol. The van der Waals surface area contributed by atoms with Crippen LogP contribution < -0.4 is 14.4 Å². The van der Waals surface area contributed by atoms with Gasteiger partial charge in [-0.15, -0.1) is 0 Å². The fraction of sp³-hybridized carbons (Fsp3) is 0.476. The molecule has 5 aromatic rings. The van der Waals surface area contributed by atoms with Gasteiger partial charge in [0.25, 0.3) is 0 Å². The van der Waals surface area contributed by atoms with Gasteiger partial charge >= 0.3 is 12.1 Å². The first kappa shape index (κ1) is 37.4. The molecule has 4 saturated heterocycles. The van der Waals surface area contributed by atoms with E-state index in [1.807, 2.05) is 37.9 Å². The van der Waals surface area contributed by atoms with Crippen LogP contribution in [0.25, 0.3) is 43.7 Å². The van der Waals surface area contributed by atoms with Crippen molar-refractivity contribution in [3.05, 3.63) is 60.1 Å². The number of aryl methyl sites for hydroxylation is 1. The summed E-state index contributed by atoms with van der Waals surface area (Å²) < 4.78 is 69.7. The van der Waals surface area contributed by atoms with Gasteiger partial charge in [0.15, 0.2) is 18.4 Å². The zero-order chi connectivity index (χ0) is 39.8. The summed E-state index contributed by atoms with van der Waals surface area (Å²) in [6.45, 7) is 8.24. The van der Waals surface area contributed by atoms with Crippen LogP contribution in [-0.2, 0) is 16.5 Å². The molecule has 0 saturated carbocycles. The van der Waals surface area contributed by atoms with Crippen molar-refractivity contribution in [1.82, 2.24) is 29.5 Å². The highest BCUT2D eigenvalue weighted by atomic mass is 19.2. The summed E-state index contributed by atoms with van der Waals surface area (Å²) in [5.41, 5.74) is 1.67. The summed E-state index contributed by atoms with van der Waals surface area (Å²) in [6.07, 6.45) is 6.31. The fourth-order valence-electron chi connectivity index (χ4n) is 9.51. The van der Waals surface area contributed by atoms with E-state index in [0.29, 0.717) is 82.3 Å². The third-order valence-corrected chi connectivity index (χ3v) is 11.8. The predicted molar refractivity (Wildman–Crippen MR) is 209 cm³/mol. The molecule has 12 nitrogen and oxygen atoms in total. The second-order valence-corrected chi connectivity index (χ2v) is 16.9. The number of halogens is 3. The zero-order valence-corrected chi connectivity index (χ0v) is 32.8. The van der Waals surface area contributed by atoms with Crippen molar-refractivity contribution in [1.29, 1.82) is 0 Å². The minimum Gasteiger partial charge on any atom is -0.468 e. The lowest BCUT2D eigenvalue weighted by atomic mass is 9.94. The highest BCUT2D eigenvalue weighted by Gasteiger charge is 2.48. The van der Waals surface area contributed by atoms with E-state index in [9.17, 15) is 13.6 Å². The molecule has 2 bridgehead atoms. The van der Waals surface area contributed by atoms with E-state index in [-0.39, 0.29) is 48.5 Å². The zero-order valence-electron chi connectivity index (χ0n) is 32.8. The van der Waals surface area contributed by atoms with Crippen LogP contribution in [0.2, 0.25) is 0 Å². The van der Waals surface area contributed by atoms with E-state index in [1.165, 1.54) is 13.2 Å². The summed E-state index contributed by atoms with van der Waals surface area (Å²) >= 11 is 0. The standard InChI is InChI=1S/C42H46F3N7O5/c1-41(2,3)57-40(53)52-26-8-9-27(52)20-50(19-26)38-35-31-21-49(4)48-37(31)30(29-14-28(56-23-54-5)13-25-7-10-32(44)36(45)34(25)29)15-33(35)46-39(47-38)55-22-42-11-6-12-51(42)18-24(16-42)17-43/h7,10,13-15,17,21,26-27H,6,8-9,11-12,16,18-20,22-23H2,1-5H3/b24-17-/t26-,27+,42-/m0/s1. The van der Waals surface area contributed by atoms with Gasteiger partial charge in [-0.1, -0.05) is 6.07 Å². The first-order valence-electron chi connectivity index (χ1n) is 19.5. The van der Waals surface area contributed by atoms with Gasteiger partial charge < -0.3 is 23.8 Å². The molecule has 9 rings (SSSR count). The Labute approximate surface area is 328 Å². The topological polar surface area (TPSA) is 107 Å². The van der Waals surface area contributed by atoms with Crippen LogP contribution in [0.4, 0.5) is 23.8 Å². The first-order valence-corrected chi connectivity index (χ1v) is 19.5. The number of hydrogen-bond acceptors (Lipinski definition) is 10. The molecule has 4 fully saturated rings. The number of aromatic nitrogens is 4. The van der Waals surface area contributed by atoms with Crippen molar-refractivity contribution in [3.8, 4) is 22.9 Å². The Morgan fingerprint density at radius 1 is 1.04 bits per heavy atom. The number of nitrogens with zero attached hydrogens (tertiary/aromatic N) is 7. The second-order valence-electron chi connectivity index (χ2n) is 16.9. The quantitative estimate of drug-likeness (QED) is 0.146. The summed E-state index contributed by atoms with van der Waals surface area (Å²) in [4.78, 5) is 29.9. The minimum absolute atomic E-state index is 0.0483. The molecule has 57 heavy (non-hydrogen) atoms. The maximum absolute atomic E-state index is 15.9. The molecule has 4 aliphatic heterocycles. The third-order valence-electron chi connectivity index (χ3n) is 11.8. The Hall–Kier alpha value is -5.15. The highest BCUT2D eigenvalue weighted by molar-refractivity contribution is 6.17. The van der Waals surface area contributed by atoms with E-state index in [4.69, 9.17) is 34.0 Å². The average Bonchev–Trinajstić information content (AvgIpc) is 3.92. The molecular formula is C42H46F3N7O5. The summed E-state index contributed by atoms with van der Waals surface area (Å²) in [5.74, 6) is -0.949. The van der Waals surface area contributed by atoms with Crippen molar-refractivity contribution in [3.63, 3.8) is 0 Å². The molecule has 0 radical (unpaired) electrons. The van der Waals surface area contributed by atoms with Gasteiger partial charge in [-0.05, 0) is 100 Å². The number of carbonyl (C=O) groups excluding carboxylic acids is 1. The largest absolute Gasteiger partial charge is 0.468 e. The van der Waals surface area contributed by atoms with Gasteiger partial charge in [-0.3, -0.25) is 14.5 Å². The lowest BCUT2D eigenvalue weighted by molar-refractivity contribution is 0.0122. The lowest BCUT2D eigenvalue weighted by Crippen LogP contribution is -2.57. The molecule has 0 aliphatic carbocycles. The lowest BCUT2D eigenvalue weighted by Gasteiger charge is -2.42. The van der Waals surface area contributed by atoms with Gasteiger partial charge in [-0.25, -0.2) is 18.0 Å². The van der Waals surface area contributed by atoms with Crippen LogP contribution in [0.1, 0.15) is 52.9 Å². The van der Waals surface area contributed by atoms with E-state index in [1.54, 1.807) is 23.9 Å². The molecule has 300 valence electrons. The molecule has 0 unspecified atom stereocenters. The van der Waals surface area contributed by atoms with Crippen LogP contribution in [0.3, 0.4) is 0 Å². The first-order chi connectivity index (χ1) is 27.3. The Balaban J connectivity index is 1.21. The number of ether oxygens (including phenoxy) is 4. The Kier molecular flexibility index (Phi) is 9.22. The normalized spacial score (nSPS) is 23.1. The number of carbonyl (C=O) groups is 1. The Bertz CT molecular complexity index is 2440. The van der Waals surface area contributed by atoms with Crippen molar-refractivity contribution in [2.75, 3.05) is 51.6 Å². The molecule has 3 aromatic carbocycles. The van der Waals surface area contributed by atoms with Crippen LogP contribution in [0, 0.1) is 11.6 Å². The molecule has 0 N–H and O–H groups in total. The maximum atomic E-state index is 15.9. The SMILES string of the molecule is COCOc1cc(-c2cc3nc(OC[C@@]45CCCN4C/C(=C\F)C5)nc(N4C[C@H]5CC[C@@H](C4)N5C(=O)OC(C)(C)C)c3c3cn(C)nc23)c2c(F)c(F)ccc2c1. The van der Waals surface area contributed by atoms with Crippen molar-refractivity contribution in [2.24, 2.45) is 7.05 Å². The minimum atomic E-state index is -0.991. The number of rotatable bonds is 8. The highest BCUT2D eigenvalue weighted by Crippen LogP contribution is 2.45. The molecule has 6 heterocycles. The van der Waals surface area contributed by atoms with E-state index in [2.05, 4.69) is 9.80 Å². The van der Waals surface area contributed by atoms with Gasteiger partial charge in [-0.2, -0.15) is 15.1 Å². The molecular weight excluding hydrogens is 739 g/mol. The summed E-state index contributed by atoms with van der Waals surface area (Å²) in [7, 11) is 3.31. The van der Waals surface area contributed by atoms with Crippen LogP contribution >= 0.6 is 0 Å². The number of anilines is 1. The Morgan fingerprint density at radius 2 is 1.82 bits per heavy atom. The molecule has 4 aliphatic rings. The van der Waals surface area contributed by atoms with Gasteiger partial charge in [0.1, 0.15) is 29.3 Å². The fourth-order valence-corrected chi connectivity index (χ4v) is 9.51. The number of piperazine rings is 1. The van der Waals surface area contributed by atoms with Crippen molar-refractivity contribution in [2.45, 2.75) is 76.1 Å². The van der Waals surface area contributed by atoms with Gasteiger partial charge in [0, 0.05) is 56.3 Å². The molecule has 15 heteroatoms. The van der Waals surface area contributed by atoms with E-state index < -0.39 is 17.2 Å². The van der Waals surface area contributed by atoms with Crippen molar-refractivity contribution >= 4 is 44.5 Å². The smallest absolute Gasteiger partial charge is 0.410 e. The van der Waals surface area contributed by atoms with E-state index in [0.717, 1.165) is 43.9 Å². The third kappa shape index (κ3) is 6.58. The summed E-state index contributed by atoms with van der Waals surface area (Å²) in [6, 6.07) is 7.68. The second kappa shape index (κ2) is 14.0. The van der Waals surface area contributed by atoms with Crippen LogP contribution in [-0.4, -0.2) is 106 Å². The number of fused-ring (bicyclic) bond motifs is 7. The monoisotopic (exact) mass is 785 g/mol. The molecule has 2 aromatic heterocycles. The molecule has 1 amide bonds. The molecule has 3 atom stereocenters.